The summed E-state index contributed by atoms with van der Waals surface area (Å²) in [7, 11) is 0. The van der Waals surface area contributed by atoms with Gasteiger partial charge in [0.05, 0.1) is 0 Å². The quantitative estimate of drug-likeness (QED) is 0.779. The van der Waals surface area contributed by atoms with Gasteiger partial charge in [0.2, 0.25) is 0 Å². The van der Waals surface area contributed by atoms with Crippen LogP contribution in [0.4, 0.5) is 0 Å². The van der Waals surface area contributed by atoms with Gasteiger partial charge in [-0.05, 0) is 36.8 Å². The first kappa shape index (κ1) is 10.3. The molecule has 86 valence electrons. The van der Waals surface area contributed by atoms with E-state index in [1.54, 1.807) is 11.1 Å². The summed E-state index contributed by atoms with van der Waals surface area (Å²) >= 11 is 0. The number of nitrogens with two attached hydrogens (primary N) is 1. The summed E-state index contributed by atoms with van der Waals surface area (Å²) in [5.41, 5.74) is 9.09. The Kier molecular flexibility index (Phi) is 2.70. The predicted molar refractivity (Wildman–Crippen MR) is 66.3 cm³/mol. The number of fused-ring (bicyclic) bond motifs is 1. The SMILES string of the molecule is NC1CCN([C@@H]2CCc3ccccc32)CC1. The molecule has 2 N–H and O–H groups in total. The summed E-state index contributed by atoms with van der Waals surface area (Å²) in [6.07, 6.45) is 4.88. The van der Waals surface area contributed by atoms with E-state index < -0.39 is 0 Å². The Morgan fingerprint density at radius 3 is 2.62 bits per heavy atom. The maximum atomic E-state index is 5.96. The van der Waals surface area contributed by atoms with E-state index in [1.165, 1.54) is 38.8 Å². The Balaban J connectivity index is 1.77. The molecule has 1 heterocycles. The molecule has 0 amide bonds. The molecule has 3 rings (SSSR count). The van der Waals surface area contributed by atoms with Crippen molar-refractivity contribution >= 4 is 0 Å². The fraction of sp³-hybridized carbons (Fsp3) is 0.571. The summed E-state index contributed by atoms with van der Waals surface area (Å²) in [5.74, 6) is 0. The third kappa shape index (κ3) is 1.76. The molecule has 2 heteroatoms. The first-order valence-corrected chi connectivity index (χ1v) is 6.42. The van der Waals surface area contributed by atoms with Gasteiger partial charge in [-0.15, -0.1) is 0 Å². The predicted octanol–water partition coefficient (Wildman–Crippen LogP) is 2.10. The summed E-state index contributed by atoms with van der Waals surface area (Å²) in [4.78, 5) is 2.63. The van der Waals surface area contributed by atoms with E-state index in [9.17, 15) is 0 Å². The molecule has 1 aromatic carbocycles. The molecule has 1 aliphatic carbocycles. The lowest BCUT2D eigenvalue weighted by atomic mass is 10.0. The highest BCUT2D eigenvalue weighted by atomic mass is 15.2. The van der Waals surface area contributed by atoms with Crippen LogP contribution in [0.15, 0.2) is 24.3 Å². The second kappa shape index (κ2) is 4.19. The first-order chi connectivity index (χ1) is 7.84. The first-order valence-electron chi connectivity index (χ1n) is 6.42. The summed E-state index contributed by atoms with van der Waals surface area (Å²) < 4.78 is 0. The molecule has 0 bridgehead atoms. The standard InChI is InChI=1S/C14H20N2/c15-12-7-9-16(10-8-12)14-6-5-11-3-1-2-4-13(11)14/h1-4,12,14H,5-10,15H2/t14-/m1/s1. The summed E-state index contributed by atoms with van der Waals surface area (Å²) in [5, 5.41) is 0. The van der Waals surface area contributed by atoms with Crippen molar-refractivity contribution in [2.45, 2.75) is 37.8 Å². The van der Waals surface area contributed by atoms with E-state index in [2.05, 4.69) is 29.2 Å². The molecule has 1 aliphatic heterocycles. The van der Waals surface area contributed by atoms with Gasteiger partial charge in [0.1, 0.15) is 0 Å². The van der Waals surface area contributed by atoms with Crippen LogP contribution in [-0.4, -0.2) is 24.0 Å². The topological polar surface area (TPSA) is 29.3 Å². The lowest BCUT2D eigenvalue weighted by Gasteiger charge is -2.35. The van der Waals surface area contributed by atoms with Gasteiger partial charge in [-0.1, -0.05) is 24.3 Å². The van der Waals surface area contributed by atoms with E-state index in [0.717, 1.165) is 0 Å². The highest BCUT2D eigenvalue weighted by Crippen LogP contribution is 2.36. The number of hydrogen-bond donors (Lipinski definition) is 1. The Hall–Kier alpha value is -0.860. The van der Waals surface area contributed by atoms with E-state index in [-0.39, 0.29) is 0 Å². The zero-order chi connectivity index (χ0) is 11.0. The number of benzene rings is 1. The number of hydrogen-bond acceptors (Lipinski definition) is 2. The molecule has 0 radical (unpaired) electrons. The molecule has 1 fully saturated rings. The largest absolute Gasteiger partial charge is 0.328 e. The molecule has 0 unspecified atom stereocenters. The molecule has 2 aliphatic rings. The fourth-order valence-corrected chi connectivity index (χ4v) is 3.15. The smallest absolute Gasteiger partial charge is 0.0354 e. The third-order valence-corrected chi connectivity index (χ3v) is 4.12. The van der Waals surface area contributed by atoms with E-state index in [0.29, 0.717) is 12.1 Å². The maximum Gasteiger partial charge on any atom is 0.0354 e. The van der Waals surface area contributed by atoms with Crippen LogP contribution in [0.1, 0.15) is 36.4 Å². The van der Waals surface area contributed by atoms with Crippen molar-refractivity contribution in [1.29, 1.82) is 0 Å². The Bertz CT molecular complexity index is 367. The van der Waals surface area contributed by atoms with Gasteiger partial charge in [-0.3, -0.25) is 4.90 Å². The van der Waals surface area contributed by atoms with E-state index >= 15 is 0 Å². The minimum Gasteiger partial charge on any atom is -0.328 e. The highest BCUT2D eigenvalue weighted by molar-refractivity contribution is 5.34. The van der Waals surface area contributed by atoms with Crippen molar-refractivity contribution in [2.75, 3.05) is 13.1 Å². The second-order valence-corrected chi connectivity index (χ2v) is 5.13. The number of aryl methyl sites for hydroxylation is 1. The van der Waals surface area contributed by atoms with Gasteiger partial charge in [-0.2, -0.15) is 0 Å². The van der Waals surface area contributed by atoms with Crippen LogP contribution in [0.2, 0.25) is 0 Å². The highest BCUT2D eigenvalue weighted by Gasteiger charge is 2.29. The van der Waals surface area contributed by atoms with Crippen molar-refractivity contribution in [3.63, 3.8) is 0 Å². The number of likely N-dealkylation sites (tertiary alicyclic amines) is 1. The van der Waals surface area contributed by atoms with Gasteiger partial charge < -0.3 is 5.73 Å². The van der Waals surface area contributed by atoms with Crippen molar-refractivity contribution in [1.82, 2.24) is 4.90 Å². The van der Waals surface area contributed by atoms with E-state index in [4.69, 9.17) is 5.73 Å². The van der Waals surface area contributed by atoms with Crippen molar-refractivity contribution in [2.24, 2.45) is 5.73 Å². The second-order valence-electron chi connectivity index (χ2n) is 5.13. The van der Waals surface area contributed by atoms with Gasteiger partial charge in [0, 0.05) is 25.2 Å². The van der Waals surface area contributed by atoms with Crippen molar-refractivity contribution in [3.8, 4) is 0 Å². The molecule has 1 aromatic rings. The lowest BCUT2D eigenvalue weighted by molar-refractivity contribution is 0.153. The van der Waals surface area contributed by atoms with Crippen LogP contribution in [0.25, 0.3) is 0 Å². The summed E-state index contributed by atoms with van der Waals surface area (Å²) in [6, 6.07) is 10.0. The zero-order valence-corrected chi connectivity index (χ0v) is 9.73. The molecule has 1 atom stereocenters. The Morgan fingerprint density at radius 2 is 1.81 bits per heavy atom. The van der Waals surface area contributed by atoms with Crippen LogP contribution in [0, 0.1) is 0 Å². The van der Waals surface area contributed by atoms with Gasteiger partial charge >= 0.3 is 0 Å². The minimum atomic E-state index is 0.438. The van der Waals surface area contributed by atoms with Crippen LogP contribution >= 0.6 is 0 Å². The molecule has 0 aromatic heterocycles. The molecule has 1 saturated heterocycles. The number of nitrogens with zero attached hydrogens (tertiary/aromatic N) is 1. The molecular formula is C14H20N2. The van der Waals surface area contributed by atoms with Crippen LogP contribution in [-0.2, 0) is 6.42 Å². The molecular weight excluding hydrogens is 196 g/mol. The Labute approximate surface area is 97.4 Å². The molecule has 16 heavy (non-hydrogen) atoms. The third-order valence-electron chi connectivity index (χ3n) is 4.12. The van der Waals surface area contributed by atoms with Crippen molar-refractivity contribution in [3.05, 3.63) is 35.4 Å². The van der Waals surface area contributed by atoms with Crippen LogP contribution < -0.4 is 5.73 Å². The average molecular weight is 216 g/mol. The number of rotatable bonds is 1. The maximum absolute atomic E-state index is 5.96. The Morgan fingerprint density at radius 1 is 1.06 bits per heavy atom. The molecule has 0 spiro atoms. The average Bonchev–Trinajstić information content (AvgIpc) is 2.74. The van der Waals surface area contributed by atoms with Crippen LogP contribution in [0.5, 0.6) is 0 Å². The molecule has 0 saturated carbocycles. The van der Waals surface area contributed by atoms with Gasteiger partial charge in [-0.25, -0.2) is 0 Å². The van der Waals surface area contributed by atoms with Gasteiger partial charge in [0.15, 0.2) is 0 Å². The fourth-order valence-electron chi connectivity index (χ4n) is 3.15. The van der Waals surface area contributed by atoms with Crippen LogP contribution in [0.3, 0.4) is 0 Å². The van der Waals surface area contributed by atoms with Gasteiger partial charge in [0.25, 0.3) is 0 Å². The lowest BCUT2D eigenvalue weighted by Crippen LogP contribution is -2.41. The van der Waals surface area contributed by atoms with Crippen molar-refractivity contribution < 1.29 is 0 Å². The molecule has 2 nitrogen and oxygen atoms in total. The monoisotopic (exact) mass is 216 g/mol. The minimum absolute atomic E-state index is 0.438. The van der Waals surface area contributed by atoms with E-state index in [1.807, 2.05) is 0 Å². The zero-order valence-electron chi connectivity index (χ0n) is 9.73. The number of piperidine rings is 1. The summed E-state index contributed by atoms with van der Waals surface area (Å²) in [6.45, 7) is 2.36. The normalized spacial score (nSPS) is 26.9.